The molecule has 0 saturated carbocycles. The van der Waals surface area contributed by atoms with E-state index < -0.39 is 0 Å². The average molecular weight is 263 g/mol. The summed E-state index contributed by atoms with van der Waals surface area (Å²) in [5.74, 6) is -0.309. The number of hydrogen-bond donors (Lipinski definition) is 1. The van der Waals surface area contributed by atoms with Crippen LogP contribution < -0.4 is 5.32 Å². The van der Waals surface area contributed by atoms with Gasteiger partial charge in [-0.1, -0.05) is 6.07 Å². The number of carbonyl (C=O) groups excluding carboxylic acids is 1. The fourth-order valence-electron chi connectivity index (χ4n) is 1.87. The van der Waals surface area contributed by atoms with Crippen LogP contribution in [-0.4, -0.2) is 20.5 Å². The molecule has 0 spiro atoms. The molecule has 3 aromatic rings. The molecule has 0 aliphatic rings. The molecular formula is C14H9N5O. The van der Waals surface area contributed by atoms with Gasteiger partial charge in [-0.15, -0.1) is 0 Å². The minimum absolute atomic E-state index is 0.309. The number of nitriles is 1. The lowest BCUT2D eigenvalue weighted by molar-refractivity contribution is 0.102. The molecule has 2 heterocycles. The maximum atomic E-state index is 12.2. The maximum Gasteiger partial charge on any atom is 0.274 e. The second-order valence-electron chi connectivity index (χ2n) is 4.08. The molecule has 0 radical (unpaired) electrons. The fourth-order valence-corrected chi connectivity index (χ4v) is 1.87. The van der Waals surface area contributed by atoms with Crippen molar-refractivity contribution in [3.63, 3.8) is 0 Å². The molecule has 0 bridgehead atoms. The number of nitrogens with one attached hydrogen (secondary N) is 1. The Hall–Kier alpha value is -3.20. The summed E-state index contributed by atoms with van der Waals surface area (Å²) in [6.45, 7) is 0. The number of carbonyl (C=O) groups is 1. The van der Waals surface area contributed by atoms with E-state index in [4.69, 9.17) is 5.26 Å². The van der Waals surface area contributed by atoms with E-state index in [-0.39, 0.29) is 5.91 Å². The van der Waals surface area contributed by atoms with Crippen LogP contribution in [0.25, 0.3) is 5.65 Å². The predicted octanol–water partition coefficient (Wildman–Crippen LogP) is 1.85. The van der Waals surface area contributed by atoms with Crippen LogP contribution in [0.15, 0.2) is 48.8 Å². The van der Waals surface area contributed by atoms with Gasteiger partial charge in [0.1, 0.15) is 5.69 Å². The third-order valence-electron chi connectivity index (χ3n) is 2.77. The summed E-state index contributed by atoms with van der Waals surface area (Å²) < 4.78 is 1.46. The fraction of sp³-hybridized carbons (Fsp3) is 0. The Balaban J connectivity index is 1.93. The third-order valence-corrected chi connectivity index (χ3v) is 2.77. The highest BCUT2D eigenvalue weighted by Gasteiger charge is 2.11. The van der Waals surface area contributed by atoms with Crippen LogP contribution in [0.1, 0.15) is 16.1 Å². The number of hydrogen-bond acceptors (Lipinski definition) is 4. The molecule has 0 aliphatic carbocycles. The molecule has 0 saturated heterocycles. The van der Waals surface area contributed by atoms with Crippen molar-refractivity contribution in [2.24, 2.45) is 0 Å². The van der Waals surface area contributed by atoms with E-state index in [0.29, 0.717) is 22.6 Å². The zero-order valence-corrected chi connectivity index (χ0v) is 10.3. The maximum absolute atomic E-state index is 12.2. The number of aromatic nitrogens is 3. The summed E-state index contributed by atoms with van der Waals surface area (Å²) in [7, 11) is 0. The Labute approximate surface area is 114 Å². The summed E-state index contributed by atoms with van der Waals surface area (Å²) in [5.41, 5.74) is 2.03. The van der Waals surface area contributed by atoms with Crippen LogP contribution in [0.4, 0.5) is 5.69 Å². The number of amides is 1. The van der Waals surface area contributed by atoms with E-state index in [0.717, 1.165) is 0 Å². The first-order valence-electron chi connectivity index (χ1n) is 5.88. The van der Waals surface area contributed by atoms with Crippen LogP contribution in [0.3, 0.4) is 0 Å². The molecule has 0 atom stereocenters. The molecular weight excluding hydrogens is 254 g/mol. The summed E-state index contributed by atoms with van der Waals surface area (Å²) in [6.07, 6.45) is 3.13. The topological polar surface area (TPSA) is 83.1 Å². The largest absolute Gasteiger partial charge is 0.321 e. The lowest BCUT2D eigenvalue weighted by atomic mass is 10.2. The van der Waals surface area contributed by atoms with E-state index in [1.165, 1.54) is 4.52 Å². The van der Waals surface area contributed by atoms with Crippen molar-refractivity contribution in [2.75, 3.05) is 5.32 Å². The molecule has 1 N–H and O–H groups in total. The lowest BCUT2D eigenvalue weighted by Crippen LogP contribution is -2.16. The summed E-state index contributed by atoms with van der Waals surface area (Å²) in [6, 6.07) is 12.0. The van der Waals surface area contributed by atoms with Crippen LogP contribution in [-0.2, 0) is 0 Å². The molecule has 6 nitrogen and oxygen atoms in total. The SMILES string of the molecule is N#Cc1cccc(NC(=O)c2ccnc3ccnn23)c1. The quantitative estimate of drug-likeness (QED) is 0.764. The molecule has 0 fully saturated rings. The summed E-state index contributed by atoms with van der Waals surface area (Å²) >= 11 is 0. The van der Waals surface area contributed by atoms with E-state index >= 15 is 0 Å². The van der Waals surface area contributed by atoms with Gasteiger partial charge >= 0.3 is 0 Å². The Kier molecular flexibility index (Phi) is 2.86. The molecule has 3 rings (SSSR count). The Morgan fingerprint density at radius 3 is 3.00 bits per heavy atom. The first-order chi connectivity index (χ1) is 9.78. The van der Waals surface area contributed by atoms with Crippen molar-refractivity contribution in [3.8, 4) is 6.07 Å². The monoisotopic (exact) mass is 263 g/mol. The number of anilines is 1. The van der Waals surface area contributed by atoms with Crippen molar-refractivity contribution in [1.82, 2.24) is 14.6 Å². The van der Waals surface area contributed by atoms with E-state index in [2.05, 4.69) is 15.4 Å². The van der Waals surface area contributed by atoms with Gasteiger partial charge in [-0.3, -0.25) is 4.79 Å². The molecule has 20 heavy (non-hydrogen) atoms. The standard InChI is InChI=1S/C14H9N5O/c15-9-10-2-1-3-11(8-10)18-14(20)12-4-6-16-13-5-7-17-19(12)13/h1-8H,(H,18,20). The zero-order chi connectivity index (χ0) is 13.9. The highest BCUT2D eigenvalue weighted by molar-refractivity contribution is 6.03. The van der Waals surface area contributed by atoms with E-state index in [9.17, 15) is 4.79 Å². The first kappa shape index (κ1) is 11.9. The van der Waals surface area contributed by atoms with Gasteiger partial charge in [0.15, 0.2) is 5.65 Å². The van der Waals surface area contributed by atoms with Crippen LogP contribution in [0.2, 0.25) is 0 Å². The van der Waals surface area contributed by atoms with E-state index in [1.807, 2.05) is 6.07 Å². The Morgan fingerprint density at radius 1 is 1.25 bits per heavy atom. The van der Waals surface area contributed by atoms with Gasteiger partial charge in [0.25, 0.3) is 5.91 Å². The summed E-state index contributed by atoms with van der Waals surface area (Å²) in [4.78, 5) is 16.3. The van der Waals surface area contributed by atoms with Crippen molar-refractivity contribution in [3.05, 3.63) is 60.0 Å². The van der Waals surface area contributed by atoms with Crippen molar-refractivity contribution in [2.45, 2.75) is 0 Å². The Morgan fingerprint density at radius 2 is 2.15 bits per heavy atom. The minimum atomic E-state index is -0.309. The van der Waals surface area contributed by atoms with E-state index in [1.54, 1.807) is 48.8 Å². The smallest absolute Gasteiger partial charge is 0.274 e. The summed E-state index contributed by atoms with van der Waals surface area (Å²) in [5, 5.41) is 15.6. The molecule has 0 aliphatic heterocycles. The third kappa shape index (κ3) is 2.08. The van der Waals surface area contributed by atoms with Crippen LogP contribution in [0.5, 0.6) is 0 Å². The van der Waals surface area contributed by atoms with Crippen molar-refractivity contribution in [1.29, 1.82) is 5.26 Å². The zero-order valence-electron chi connectivity index (χ0n) is 10.3. The highest BCUT2D eigenvalue weighted by atomic mass is 16.2. The average Bonchev–Trinajstić information content (AvgIpc) is 2.95. The van der Waals surface area contributed by atoms with Gasteiger partial charge in [-0.2, -0.15) is 10.4 Å². The molecule has 1 aromatic carbocycles. The molecule has 2 aromatic heterocycles. The number of rotatable bonds is 2. The van der Waals surface area contributed by atoms with Gasteiger partial charge in [0, 0.05) is 18.0 Å². The number of nitrogens with zero attached hydrogens (tertiary/aromatic N) is 4. The molecule has 1 amide bonds. The second-order valence-corrected chi connectivity index (χ2v) is 4.08. The van der Waals surface area contributed by atoms with Crippen LogP contribution in [0, 0.1) is 11.3 Å². The highest BCUT2D eigenvalue weighted by Crippen LogP contribution is 2.12. The van der Waals surface area contributed by atoms with Gasteiger partial charge in [-0.25, -0.2) is 9.50 Å². The lowest BCUT2D eigenvalue weighted by Gasteiger charge is -2.06. The van der Waals surface area contributed by atoms with Gasteiger partial charge in [-0.05, 0) is 24.3 Å². The van der Waals surface area contributed by atoms with Gasteiger partial charge in [0.05, 0.1) is 17.8 Å². The number of benzene rings is 1. The first-order valence-corrected chi connectivity index (χ1v) is 5.88. The van der Waals surface area contributed by atoms with Crippen molar-refractivity contribution >= 4 is 17.2 Å². The Bertz CT molecular complexity index is 831. The van der Waals surface area contributed by atoms with Gasteiger partial charge < -0.3 is 5.32 Å². The van der Waals surface area contributed by atoms with Crippen LogP contribution >= 0.6 is 0 Å². The second kappa shape index (κ2) is 4.82. The molecule has 96 valence electrons. The normalized spacial score (nSPS) is 10.2. The number of fused-ring (bicyclic) bond motifs is 1. The minimum Gasteiger partial charge on any atom is -0.321 e. The van der Waals surface area contributed by atoms with Crippen molar-refractivity contribution < 1.29 is 4.79 Å². The molecule has 6 heteroatoms. The predicted molar refractivity (Wildman–Crippen MR) is 72.1 cm³/mol. The van der Waals surface area contributed by atoms with Gasteiger partial charge in [0.2, 0.25) is 0 Å². The molecule has 0 unspecified atom stereocenters.